The van der Waals surface area contributed by atoms with Crippen LogP contribution in [-0.2, 0) is 9.53 Å². The maximum absolute atomic E-state index is 12.4. The van der Waals surface area contributed by atoms with E-state index in [0.717, 1.165) is 38.0 Å². The van der Waals surface area contributed by atoms with Crippen LogP contribution in [0.3, 0.4) is 0 Å². The van der Waals surface area contributed by atoms with Crippen molar-refractivity contribution in [2.75, 3.05) is 13.2 Å². The first-order chi connectivity index (χ1) is 11.1. The molecule has 2 N–H and O–H groups in total. The molecule has 1 aliphatic heterocycles. The number of rotatable bonds is 4. The summed E-state index contributed by atoms with van der Waals surface area (Å²) in [5.74, 6) is -0.659. The topological polar surface area (TPSA) is 75.6 Å². The van der Waals surface area contributed by atoms with Gasteiger partial charge in [0.25, 0.3) is 5.91 Å². The predicted octanol–water partition coefficient (Wildman–Crippen LogP) is 2.56. The van der Waals surface area contributed by atoms with Gasteiger partial charge in [0, 0.05) is 24.1 Å². The maximum Gasteiger partial charge on any atom is 0.306 e. The highest BCUT2D eigenvalue weighted by atomic mass is 16.5. The zero-order valence-electron chi connectivity index (χ0n) is 13.2. The molecule has 1 aliphatic carbocycles. The maximum atomic E-state index is 12.4. The van der Waals surface area contributed by atoms with Gasteiger partial charge in [0.15, 0.2) is 0 Å². The summed E-state index contributed by atoms with van der Waals surface area (Å²) in [6.45, 7) is 1.51. The molecule has 2 fully saturated rings. The Morgan fingerprint density at radius 2 is 1.91 bits per heavy atom. The molecular formula is C18H23NO4. The number of hydrogen-bond acceptors (Lipinski definition) is 3. The Bertz CT molecular complexity index is 572. The van der Waals surface area contributed by atoms with Crippen molar-refractivity contribution < 1.29 is 19.4 Å². The molecule has 0 bridgehead atoms. The summed E-state index contributed by atoms with van der Waals surface area (Å²) >= 11 is 0. The number of carbonyl (C=O) groups excluding carboxylic acids is 1. The number of hydrogen-bond donors (Lipinski definition) is 2. The molecule has 3 rings (SSSR count). The van der Waals surface area contributed by atoms with Gasteiger partial charge < -0.3 is 15.2 Å². The van der Waals surface area contributed by atoms with E-state index >= 15 is 0 Å². The second-order valence-electron chi connectivity index (χ2n) is 6.55. The van der Waals surface area contributed by atoms with Crippen molar-refractivity contribution in [3.63, 3.8) is 0 Å². The van der Waals surface area contributed by atoms with Crippen molar-refractivity contribution in [1.82, 2.24) is 5.32 Å². The van der Waals surface area contributed by atoms with E-state index < -0.39 is 5.97 Å². The molecule has 1 aromatic carbocycles. The van der Waals surface area contributed by atoms with Crippen molar-refractivity contribution in [2.45, 2.75) is 44.1 Å². The van der Waals surface area contributed by atoms with Crippen LogP contribution in [0, 0.1) is 5.92 Å². The molecule has 1 aromatic rings. The van der Waals surface area contributed by atoms with Crippen molar-refractivity contribution in [1.29, 1.82) is 0 Å². The van der Waals surface area contributed by atoms with Crippen molar-refractivity contribution in [3.05, 3.63) is 35.4 Å². The Hall–Kier alpha value is -1.88. The minimum atomic E-state index is -0.721. The summed E-state index contributed by atoms with van der Waals surface area (Å²) in [6, 6.07) is 7.84. The van der Waals surface area contributed by atoms with Crippen LogP contribution in [0.5, 0.6) is 0 Å². The quantitative estimate of drug-likeness (QED) is 0.895. The normalized spacial score (nSPS) is 27.6. The van der Waals surface area contributed by atoms with Crippen LogP contribution in [0.4, 0.5) is 0 Å². The van der Waals surface area contributed by atoms with Gasteiger partial charge >= 0.3 is 5.97 Å². The van der Waals surface area contributed by atoms with E-state index in [1.165, 1.54) is 0 Å². The van der Waals surface area contributed by atoms with Crippen molar-refractivity contribution in [3.8, 4) is 0 Å². The van der Waals surface area contributed by atoms with Gasteiger partial charge in [0.05, 0.1) is 12.5 Å². The van der Waals surface area contributed by atoms with Gasteiger partial charge in [-0.1, -0.05) is 12.1 Å². The second-order valence-corrected chi connectivity index (χ2v) is 6.55. The molecule has 1 saturated heterocycles. The highest BCUT2D eigenvalue weighted by Crippen LogP contribution is 2.27. The Balaban J connectivity index is 1.58. The molecule has 5 heteroatoms. The molecule has 2 aliphatic rings. The molecule has 1 atom stereocenters. The first-order valence-electron chi connectivity index (χ1n) is 8.35. The number of nitrogens with one attached hydrogen (secondary N) is 1. The van der Waals surface area contributed by atoms with Crippen LogP contribution in [0.1, 0.15) is 53.9 Å². The number of carbonyl (C=O) groups is 2. The predicted molar refractivity (Wildman–Crippen MR) is 85.5 cm³/mol. The van der Waals surface area contributed by atoms with E-state index in [2.05, 4.69) is 5.32 Å². The highest BCUT2D eigenvalue weighted by molar-refractivity contribution is 5.94. The number of carboxylic acids is 1. The van der Waals surface area contributed by atoms with E-state index in [4.69, 9.17) is 9.84 Å². The molecule has 1 amide bonds. The molecule has 124 valence electrons. The van der Waals surface area contributed by atoms with Crippen LogP contribution in [-0.4, -0.2) is 36.2 Å². The molecule has 0 radical (unpaired) electrons. The lowest BCUT2D eigenvalue weighted by Crippen LogP contribution is -2.38. The first kappa shape index (κ1) is 16.0. The van der Waals surface area contributed by atoms with Crippen LogP contribution in [0.15, 0.2) is 24.3 Å². The molecule has 1 saturated carbocycles. The van der Waals surface area contributed by atoms with Gasteiger partial charge in [-0.3, -0.25) is 9.59 Å². The second kappa shape index (κ2) is 7.13. The minimum Gasteiger partial charge on any atom is -0.481 e. The lowest BCUT2D eigenvalue weighted by atomic mass is 9.86. The molecule has 0 spiro atoms. The number of amides is 1. The van der Waals surface area contributed by atoms with E-state index in [-0.39, 0.29) is 17.9 Å². The molecule has 0 aromatic heterocycles. The average Bonchev–Trinajstić information content (AvgIpc) is 3.10. The first-order valence-corrected chi connectivity index (χ1v) is 8.35. The third-order valence-corrected chi connectivity index (χ3v) is 4.96. The fourth-order valence-corrected chi connectivity index (χ4v) is 3.48. The highest BCUT2D eigenvalue weighted by Gasteiger charge is 2.27. The lowest BCUT2D eigenvalue weighted by molar-refractivity contribution is -0.142. The minimum absolute atomic E-state index is 0.0652. The van der Waals surface area contributed by atoms with Crippen LogP contribution in [0.2, 0.25) is 0 Å². The molecule has 23 heavy (non-hydrogen) atoms. The molecule has 5 nitrogen and oxygen atoms in total. The SMILES string of the molecule is O=C(NC1CCC(C(=O)O)CC1)c1cccc(C2CCOC2)c1. The standard InChI is InChI=1S/C18H23NO4/c20-17(19-16-6-4-12(5-7-16)18(21)22)14-3-1-2-13(10-14)15-8-9-23-11-15/h1-3,10,12,15-16H,4-9,11H2,(H,19,20)(H,21,22). The Morgan fingerprint density at radius 1 is 1.13 bits per heavy atom. The zero-order valence-corrected chi connectivity index (χ0v) is 13.2. The summed E-state index contributed by atoms with van der Waals surface area (Å²) < 4.78 is 5.41. The van der Waals surface area contributed by atoms with Gasteiger partial charge in [0.2, 0.25) is 0 Å². The summed E-state index contributed by atoms with van der Waals surface area (Å²) in [5.41, 5.74) is 1.83. The molecular weight excluding hydrogens is 294 g/mol. The van der Waals surface area contributed by atoms with Gasteiger partial charge in [-0.05, 0) is 49.8 Å². The van der Waals surface area contributed by atoms with Crippen molar-refractivity contribution >= 4 is 11.9 Å². The van der Waals surface area contributed by atoms with Crippen LogP contribution >= 0.6 is 0 Å². The fraction of sp³-hybridized carbons (Fsp3) is 0.556. The third-order valence-electron chi connectivity index (χ3n) is 4.96. The average molecular weight is 317 g/mol. The van der Waals surface area contributed by atoms with Gasteiger partial charge in [-0.2, -0.15) is 0 Å². The Labute approximate surface area is 136 Å². The summed E-state index contributed by atoms with van der Waals surface area (Å²) in [7, 11) is 0. The summed E-state index contributed by atoms with van der Waals surface area (Å²) in [5, 5.41) is 12.1. The fourth-order valence-electron chi connectivity index (χ4n) is 3.48. The number of benzene rings is 1. The van der Waals surface area contributed by atoms with E-state index in [1.807, 2.05) is 24.3 Å². The van der Waals surface area contributed by atoms with Crippen molar-refractivity contribution in [2.24, 2.45) is 5.92 Å². The molecule has 1 unspecified atom stereocenters. The summed E-state index contributed by atoms with van der Waals surface area (Å²) in [6.07, 6.45) is 3.75. The van der Waals surface area contributed by atoms with Crippen LogP contribution < -0.4 is 5.32 Å². The third kappa shape index (κ3) is 3.91. The number of ether oxygens (including phenoxy) is 1. The monoisotopic (exact) mass is 317 g/mol. The van der Waals surface area contributed by atoms with Crippen LogP contribution in [0.25, 0.3) is 0 Å². The van der Waals surface area contributed by atoms with Gasteiger partial charge in [-0.15, -0.1) is 0 Å². The molecule has 1 heterocycles. The lowest BCUT2D eigenvalue weighted by Gasteiger charge is -2.26. The Kier molecular flexibility index (Phi) is 4.96. The zero-order chi connectivity index (χ0) is 16.2. The van der Waals surface area contributed by atoms with Gasteiger partial charge in [0.1, 0.15) is 0 Å². The van der Waals surface area contributed by atoms with E-state index in [0.29, 0.717) is 24.3 Å². The number of aliphatic carboxylic acids is 1. The van der Waals surface area contributed by atoms with E-state index in [1.54, 1.807) is 0 Å². The Morgan fingerprint density at radius 3 is 2.57 bits per heavy atom. The summed E-state index contributed by atoms with van der Waals surface area (Å²) in [4.78, 5) is 23.4. The van der Waals surface area contributed by atoms with Gasteiger partial charge in [-0.25, -0.2) is 0 Å². The smallest absolute Gasteiger partial charge is 0.306 e. The largest absolute Gasteiger partial charge is 0.481 e. The van der Waals surface area contributed by atoms with E-state index in [9.17, 15) is 9.59 Å². The number of carboxylic acid groups (broad SMARTS) is 1.